The van der Waals surface area contributed by atoms with E-state index in [-0.39, 0.29) is 23.2 Å². The van der Waals surface area contributed by atoms with E-state index in [1.54, 1.807) is 6.07 Å². The molecule has 6 rings (SSSR count). The topological polar surface area (TPSA) is 75.0 Å². The van der Waals surface area contributed by atoms with E-state index in [1.807, 2.05) is 37.6 Å². The summed E-state index contributed by atoms with van der Waals surface area (Å²) < 4.78 is 31.9. The number of aryl methyl sites for hydroxylation is 1. The number of rotatable bonds is 8. The summed E-state index contributed by atoms with van der Waals surface area (Å²) in [4.78, 5) is 22.6. The predicted octanol–water partition coefficient (Wildman–Crippen LogP) is 5.89. The van der Waals surface area contributed by atoms with Crippen LogP contribution in [0.15, 0.2) is 36.7 Å². The van der Waals surface area contributed by atoms with Gasteiger partial charge in [0.05, 0.1) is 11.7 Å². The maximum Gasteiger partial charge on any atom is 0.229 e. The molecule has 1 saturated heterocycles. The first-order chi connectivity index (χ1) is 19.3. The van der Waals surface area contributed by atoms with Crippen molar-refractivity contribution in [3.8, 4) is 11.3 Å². The number of halogens is 2. The summed E-state index contributed by atoms with van der Waals surface area (Å²) in [6.45, 7) is 13.5. The first-order valence-electron chi connectivity index (χ1n) is 14.2. The summed E-state index contributed by atoms with van der Waals surface area (Å²) >= 11 is 0. The van der Waals surface area contributed by atoms with Crippen molar-refractivity contribution >= 4 is 22.8 Å². The predicted molar refractivity (Wildman–Crippen MR) is 152 cm³/mol. The van der Waals surface area contributed by atoms with Crippen LogP contribution in [0.25, 0.3) is 22.3 Å². The molecule has 40 heavy (non-hydrogen) atoms. The van der Waals surface area contributed by atoms with E-state index in [2.05, 4.69) is 48.0 Å². The third-order valence-corrected chi connectivity index (χ3v) is 8.14. The minimum Gasteiger partial charge on any atom is -0.326 e. The van der Waals surface area contributed by atoms with Crippen LogP contribution in [-0.4, -0.2) is 67.0 Å². The van der Waals surface area contributed by atoms with Gasteiger partial charge in [0.2, 0.25) is 5.95 Å². The molecule has 210 valence electrons. The van der Waals surface area contributed by atoms with Crippen LogP contribution in [0.2, 0.25) is 0 Å². The van der Waals surface area contributed by atoms with Crippen LogP contribution in [0.4, 0.5) is 20.5 Å². The fraction of sp³-hybridized carbons (Fsp3) is 0.467. The van der Waals surface area contributed by atoms with Crippen molar-refractivity contribution < 1.29 is 8.78 Å². The number of fused-ring (bicyclic) bond motifs is 1. The number of anilines is 2. The summed E-state index contributed by atoms with van der Waals surface area (Å²) in [5.74, 6) is 1.01. The van der Waals surface area contributed by atoms with Crippen LogP contribution < -0.4 is 5.32 Å². The van der Waals surface area contributed by atoms with E-state index in [4.69, 9.17) is 0 Å². The number of hydrogen-bond donors (Lipinski definition) is 1. The Morgan fingerprint density at radius 3 is 2.40 bits per heavy atom. The maximum atomic E-state index is 15.0. The minimum absolute atomic E-state index is 0.0177. The normalized spacial score (nSPS) is 17.6. The van der Waals surface area contributed by atoms with Crippen molar-refractivity contribution in [3.63, 3.8) is 0 Å². The molecule has 1 aliphatic heterocycles. The van der Waals surface area contributed by atoms with Crippen molar-refractivity contribution in [2.45, 2.75) is 52.6 Å². The van der Waals surface area contributed by atoms with Crippen molar-refractivity contribution in [1.29, 1.82) is 0 Å². The second-order valence-corrected chi connectivity index (χ2v) is 11.2. The van der Waals surface area contributed by atoms with E-state index in [1.165, 1.54) is 24.5 Å². The average Bonchev–Trinajstić information content (AvgIpc) is 3.72. The van der Waals surface area contributed by atoms with Crippen molar-refractivity contribution in [1.82, 2.24) is 34.3 Å². The van der Waals surface area contributed by atoms with Crippen LogP contribution in [-0.2, 0) is 0 Å². The molecule has 1 N–H and O–H groups in total. The van der Waals surface area contributed by atoms with Crippen LogP contribution in [0.1, 0.15) is 57.1 Å². The molecule has 8 nitrogen and oxygen atoms in total. The number of benzene rings is 1. The largest absolute Gasteiger partial charge is 0.326 e. The van der Waals surface area contributed by atoms with Crippen molar-refractivity contribution in [3.05, 3.63) is 59.7 Å². The lowest BCUT2D eigenvalue weighted by Crippen LogP contribution is -2.47. The molecule has 3 aromatic heterocycles. The molecular weight excluding hydrogens is 510 g/mol. The molecule has 4 heterocycles. The minimum atomic E-state index is -0.629. The highest BCUT2D eigenvalue weighted by molar-refractivity contribution is 5.83. The van der Waals surface area contributed by atoms with Gasteiger partial charge in [0.25, 0.3) is 0 Å². The number of piperazine rings is 1. The van der Waals surface area contributed by atoms with Crippen molar-refractivity contribution in [2.24, 2.45) is 5.92 Å². The van der Waals surface area contributed by atoms with Gasteiger partial charge in [-0.1, -0.05) is 13.0 Å². The van der Waals surface area contributed by atoms with Gasteiger partial charge in [-0.15, -0.1) is 0 Å². The average molecular weight is 547 g/mol. The van der Waals surface area contributed by atoms with Gasteiger partial charge in [-0.3, -0.25) is 4.90 Å². The summed E-state index contributed by atoms with van der Waals surface area (Å²) in [5, 5.41) is 3.10. The standard InChI is InChI=1S/C30H36F2N8/c1-5-38-10-12-39(13-11-38)29(20-6-7-20)21-8-9-26(33-16-21)36-30-34-17-24(32)27(37-30)22-14-23(31)28-25(15-22)40(18(2)3)19(4)35-28/h8-9,14-18,20,29H,5-7,10-13H2,1-4H3,(H,33,34,36,37)/t29-/m0/s1. The first kappa shape index (κ1) is 26.7. The molecule has 0 unspecified atom stereocenters. The van der Waals surface area contributed by atoms with Crippen molar-refractivity contribution in [2.75, 3.05) is 38.0 Å². The van der Waals surface area contributed by atoms with Gasteiger partial charge in [-0.2, -0.15) is 0 Å². The molecule has 0 radical (unpaired) electrons. The van der Waals surface area contributed by atoms with E-state index >= 15 is 4.39 Å². The quantitative estimate of drug-likeness (QED) is 0.295. The fourth-order valence-electron chi connectivity index (χ4n) is 6.01. The Bertz CT molecular complexity index is 1500. The zero-order valence-electron chi connectivity index (χ0n) is 23.5. The molecule has 2 fully saturated rings. The SMILES string of the molecule is CCN1CCN([C@H](c2ccc(Nc3ncc(F)c(-c4cc(F)c5nc(C)n(C(C)C)c5c4)n3)nc2)C2CC2)CC1. The molecule has 4 aromatic rings. The maximum absolute atomic E-state index is 15.0. The summed E-state index contributed by atoms with van der Waals surface area (Å²) in [5.41, 5.74) is 2.44. The molecule has 1 atom stereocenters. The lowest BCUT2D eigenvalue weighted by Gasteiger charge is -2.39. The summed E-state index contributed by atoms with van der Waals surface area (Å²) in [6.07, 6.45) is 5.55. The van der Waals surface area contributed by atoms with Gasteiger partial charge < -0.3 is 14.8 Å². The number of aromatic nitrogens is 5. The molecular formula is C30H36F2N8. The molecule has 2 aliphatic rings. The number of likely N-dealkylation sites (N-methyl/N-ethyl adjacent to an activating group) is 1. The van der Waals surface area contributed by atoms with Gasteiger partial charge in [0.1, 0.15) is 22.9 Å². The van der Waals surface area contributed by atoms with Gasteiger partial charge in [0.15, 0.2) is 11.6 Å². The van der Waals surface area contributed by atoms with E-state index in [0.29, 0.717) is 34.7 Å². The second kappa shape index (κ2) is 10.8. The third-order valence-electron chi connectivity index (χ3n) is 8.14. The smallest absolute Gasteiger partial charge is 0.229 e. The first-order valence-corrected chi connectivity index (χ1v) is 14.2. The molecule has 0 spiro atoms. The molecule has 1 aromatic carbocycles. The third kappa shape index (κ3) is 5.17. The summed E-state index contributed by atoms with van der Waals surface area (Å²) in [7, 11) is 0. The number of imidazole rings is 1. The zero-order valence-corrected chi connectivity index (χ0v) is 23.5. The van der Waals surface area contributed by atoms with Crippen LogP contribution >= 0.6 is 0 Å². The van der Waals surface area contributed by atoms with E-state index in [0.717, 1.165) is 38.9 Å². The van der Waals surface area contributed by atoms with Crippen LogP contribution in [0, 0.1) is 24.5 Å². The Balaban J connectivity index is 1.24. The molecule has 1 saturated carbocycles. The lowest BCUT2D eigenvalue weighted by molar-refractivity contribution is 0.0893. The molecule has 1 aliphatic carbocycles. The summed E-state index contributed by atoms with van der Waals surface area (Å²) in [6, 6.07) is 7.52. The number of nitrogens with one attached hydrogen (secondary N) is 1. The number of nitrogens with zero attached hydrogens (tertiary/aromatic N) is 7. The van der Waals surface area contributed by atoms with Crippen LogP contribution in [0.5, 0.6) is 0 Å². The second-order valence-electron chi connectivity index (χ2n) is 11.2. The Morgan fingerprint density at radius 1 is 0.975 bits per heavy atom. The van der Waals surface area contributed by atoms with Gasteiger partial charge >= 0.3 is 0 Å². The number of hydrogen-bond acceptors (Lipinski definition) is 7. The highest BCUT2D eigenvalue weighted by atomic mass is 19.1. The fourth-order valence-corrected chi connectivity index (χ4v) is 6.01. The highest BCUT2D eigenvalue weighted by Gasteiger charge is 2.37. The number of pyridine rings is 1. The Hall–Kier alpha value is -3.50. The Kier molecular flexibility index (Phi) is 7.22. The van der Waals surface area contributed by atoms with E-state index < -0.39 is 11.6 Å². The molecule has 0 bridgehead atoms. The Labute approximate surface area is 233 Å². The highest BCUT2D eigenvalue weighted by Crippen LogP contribution is 2.44. The van der Waals surface area contributed by atoms with Crippen LogP contribution in [0.3, 0.4) is 0 Å². The van der Waals surface area contributed by atoms with E-state index in [9.17, 15) is 4.39 Å². The van der Waals surface area contributed by atoms with Gasteiger partial charge in [0, 0.05) is 50.0 Å². The Morgan fingerprint density at radius 2 is 1.75 bits per heavy atom. The zero-order chi connectivity index (χ0) is 28.0. The van der Waals surface area contributed by atoms with Gasteiger partial charge in [-0.05, 0) is 69.8 Å². The lowest BCUT2D eigenvalue weighted by atomic mass is 10.0. The van der Waals surface area contributed by atoms with Gasteiger partial charge in [-0.25, -0.2) is 28.7 Å². The monoisotopic (exact) mass is 546 g/mol. The molecule has 10 heteroatoms. The molecule has 0 amide bonds.